The second-order valence-electron chi connectivity index (χ2n) is 8.46. The molecule has 0 saturated carbocycles. The van der Waals surface area contributed by atoms with Crippen LogP contribution < -0.4 is 11.1 Å². The Morgan fingerprint density at radius 1 is 1.35 bits per heavy atom. The van der Waals surface area contributed by atoms with Crippen LogP contribution >= 0.6 is 0 Å². The fraction of sp³-hybridized carbons (Fsp3) is 0.652. The van der Waals surface area contributed by atoms with Gasteiger partial charge in [0.1, 0.15) is 12.6 Å². The summed E-state index contributed by atoms with van der Waals surface area (Å²) >= 11 is 0. The number of methoxy groups -OCH3 is 1. The first-order valence-electron chi connectivity index (χ1n) is 11.2. The number of carbonyl (C=O) groups is 2. The normalized spacial score (nSPS) is 23.5. The molecule has 0 spiro atoms. The predicted octanol–water partition coefficient (Wildman–Crippen LogP) is 0.667. The van der Waals surface area contributed by atoms with E-state index in [1.807, 2.05) is 6.07 Å². The molecular formula is C23H36N4O4. The molecule has 8 nitrogen and oxygen atoms in total. The highest BCUT2D eigenvalue weighted by Crippen LogP contribution is 2.27. The van der Waals surface area contributed by atoms with Gasteiger partial charge in [-0.1, -0.05) is 24.3 Å². The van der Waals surface area contributed by atoms with Gasteiger partial charge in [-0.2, -0.15) is 0 Å². The van der Waals surface area contributed by atoms with Crippen LogP contribution in [0, 0.1) is 6.92 Å². The third-order valence-corrected chi connectivity index (χ3v) is 6.23. The number of nitrogens with one attached hydrogen (secondary N) is 1. The van der Waals surface area contributed by atoms with E-state index in [9.17, 15) is 9.59 Å². The van der Waals surface area contributed by atoms with Crippen LogP contribution in [0.1, 0.15) is 30.4 Å². The first-order chi connectivity index (χ1) is 15.0. The maximum atomic E-state index is 12.8. The van der Waals surface area contributed by atoms with Gasteiger partial charge in [0.2, 0.25) is 11.8 Å². The van der Waals surface area contributed by atoms with Crippen molar-refractivity contribution in [1.82, 2.24) is 15.1 Å². The Balaban J connectivity index is 1.79. The molecule has 2 saturated heterocycles. The first-order valence-corrected chi connectivity index (χ1v) is 11.2. The number of likely N-dealkylation sites (tertiary alicyclic amines) is 1. The molecule has 0 aliphatic carbocycles. The number of hydrogen-bond acceptors (Lipinski definition) is 6. The molecular weight excluding hydrogens is 396 g/mol. The largest absolute Gasteiger partial charge is 0.377 e. The molecule has 0 radical (unpaired) electrons. The molecule has 2 fully saturated rings. The van der Waals surface area contributed by atoms with Gasteiger partial charge in [-0.25, -0.2) is 0 Å². The maximum Gasteiger partial charge on any atom is 0.249 e. The molecule has 2 amide bonds. The zero-order chi connectivity index (χ0) is 22.2. The Labute approximate surface area is 185 Å². The average molecular weight is 433 g/mol. The number of amides is 2. The third-order valence-electron chi connectivity index (χ3n) is 6.23. The van der Waals surface area contributed by atoms with E-state index in [0.717, 1.165) is 32.5 Å². The Kier molecular flexibility index (Phi) is 8.83. The molecule has 1 aromatic carbocycles. The van der Waals surface area contributed by atoms with Crippen molar-refractivity contribution >= 4 is 11.8 Å². The quantitative estimate of drug-likeness (QED) is 0.564. The van der Waals surface area contributed by atoms with Gasteiger partial charge in [-0.05, 0) is 37.3 Å². The zero-order valence-electron chi connectivity index (χ0n) is 18.7. The van der Waals surface area contributed by atoms with Gasteiger partial charge >= 0.3 is 0 Å². The molecule has 31 heavy (non-hydrogen) atoms. The molecule has 1 aromatic rings. The van der Waals surface area contributed by atoms with Crippen LogP contribution in [-0.4, -0.2) is 86.3 Å². The van der Waals surface area contributed by atoms with Crippen LogP contribution in [0.4, 0.5) is 0 Å². The lowest BCUT2D eigenvalue weighted by Gasteiger charge is -2.31. The SMILES string of the molecule is COCC(=O)N1CC(N(Cc2ccccc2C)CC2CCCO2)CC1C(=O)NCCN. The van der Waals surface area contributed by atoms with E-state index >= 15 is 0 Å². The summed E-state index contributed by atoms with van der Waals surface area (Å²) in [5.74, 6) is -0.309. The number of rotatable bonds is 10. The van der Waals surface area contributed by atoms with E-state index in [4.69, 9.17) is 15.2 Å². The predicted molar refractivity (Wildman–Crippen MR) is 118 cm³/mol. The zero-order valence-corrected chi connectivity index (χ0v) is 18.7. The first kappa shape index (κ1) is 23.7. The van der Waals surface area contributed by atoms with Gasteiger partial charge < -0.3 is 25.4 Å². The average Bonchev–Trinajstić information content (AvgIpc) is 3.43. The summed E-state index contributed by atoms with van der Waals surface area (Å²) in [6.45, 7) is 5.71. The van der Waals surface area contributed by atoms with Crippen molar-refractivity contribution in [2.75, 3.05) is 46.5 Å². The monoisotopic (exact) mass is 432 g/mol. The molecule has 0 bridgehead atoms. The third kappa shape index (κ3) is 6.26. The molecule has 3 unspecified atom stereocenters. The van der Waals surface area contributed by atoms with Gasteiger partial charge in [0.15, 0.2) is 0 Å². The topological polar surface area (TPSA) is 97.1 Å². The van der Waals surface area contributed by atoms with E-state index in [1.54, 1.807) is 4.90 Å². The smallest absolute Gasteiger partial charge is 0.249 e. The standard InChI is InChI=1S/C23H36N4O4/c1-17-6-3-4-7-18(17)13-26(15-20-8-5-11-31-20)19-12-21(23(29)25-10-9-24)27(14-19)22(28)16-30-2/h3-4,6-7,19-21H,5,8-16,24H2,1-2H3,(H,25,29). The fourth-order valence-electron chi connectivity index (χ4n) is 4.52. The molecule has 0 aromatic heterocycles. The van der Waals surface area contributed by atoms with Crippen LogP contribution in [0.25, 0.3) is 0 Å². The van der Waals surface area contributed by atoms with Crippen LogP contribution in [0.15, 0.2) is 24.3 Å². The Morgan fingerprint density at radius 2 is 2.16 bits per heavy atom. The minimum atomic E-state index is -0.511. The molecule has 3 atom stereocenters. The molecule has 3 N–H and O–H groups in total. The Morgan fingerprint density at radius 3 is 2.84 bits per heavy atom. The minimum Gasteiger partial charge on any atom is -0.377 e. The summed E-state index contributed by atoms with van der Waals surface area (Å²) < 4.78 is 11.0. The number of aryl methyl sites for hydroxylation is 1. The van der Waals surface area contributed by atoms with E-state index in [0.29, 0.717) is 26.1 Å². The van der Waals surface area contributed by atoms with Crippen molar-refractivity contribution < 1.29 is 19.1 Å². The van der Waals surface area contributed by atoms with Crippen LogP contribution in [0.5, 0.6) is 0 Å². The van der Waals surface area contributed by atoms with Crippen LogP contribution in [0.3, 0.4) is 0 Å². The summed E-state index contributed by atoms with van der Waals surface area (Å²) in [7, 11) is 1.50. The number of ether oxygens (including phenoxy) is 2. The highest BCUT2D eigenvalue weighted by Gasteiger charge is 2.42. The Bertz CT molecular complexity index is 738. The van der Waals surface area contributed by atoms with Crippen LogP contribution in [0.2, 0.25) is 0 Å². The Hall–Kier alpha value is -2.00. The van der Waals surface area contributed by atoms with Gasteiger partial charge in [-0.15, -0.1) is 0 Å². The van der Waals surface area contributed by atoms with E-state index in [1.165, 1.54) is 18.2 Å². The van der Waals surface area contributed by atoms with Crippen molar-refractivity contribution in [3.8, 4) is 0 Å². The molecule has 8 heteroatoms. The van der Waals surface area contributed by atoms with E-state index in [2.05, 4.69) is 35.3 Å². The molecule has 2 aliphatic rings. The van der Waals surface area contributed by atoms with Crippen molar-refractivity contribution in [3.05, 3.63) is 35.4 Å². The van der Waals surface area contributed by atoms with Gasteiger partial charge in [0.25, 0.3) is 0 Å². The summed E-state index contributed by atoms with van der Waals surface area (Å²) in [5.41, 5.74) is 8.04. The fourth-order valence-corrected chi connectivity index (χ4v) is 4.52. The summed E-state index contributed by atoms with van der Waals surface area (Å²) in [4.78, 5) is 29.6. The molecule has 3 rings (SSSR count). The van der Waals surface area contributed by atoms with Crippen LogP contribution in [-0.2, 0) is 25.6 Å². The summed E-state index contributed by atoms with van der Waals surface area (Å²) in [6, 6.07) is 7.92. The number of nitrogens with two attached hydrogens (primary N) is 1. The number of benzene rings is 1. The summed E-state index contributed by atoms with van der Waals surface area (Å²) in [5, 5.41) is 2.85. The number of nitrogens with zero attached hydrogens (tertiary/aromatic N) is 2. The highest BCUT2D eigenvalue weighted by molar-refractivity contribution is 5.88. The summed E-state index contributed by atoms with van der Waals surface area (Å²) in [6.07, 6.45) is 2.90. The molecule has 2 heterocycles. The molecule has 2 aliphatic heterocycles. The lowest BCUT2D eigenvalue weighted by molar-refractivity contribution is -0.141. The van der Waals surface area contributed by atoms with Crippen molar-refractivity contribution in [1.29, 1.82) is 0 Å². The second kappa shape index (κ2) is 11.6. The number of hydrogen-bond donors (Lipinski definition) is 2. The number of carbonyl (C=O) groups excluding carboxylic acids is 2. The van der Waals surface area contributed by atoms with Gasteiger partial charge in [0.05, 0.1) is 6.10 Å². The van der Waals surface area contributed by atoms with Gasteiger partial charge in [0, 0.05) is 52.5 Å². The van der Waals surface area contributed by atoms with E-state index < -0.39 is 6.04 Å². The van der Waals surface area contributed by atoms with E-state index in [-0.39, 0.29) is 30.6 Å². The van der Waals surface area contributed by atoms with Crippen molar-refractivity contribution in [2.45, 2.75) is 50.9 Å². The van der Waals surface area contributed by atoms with Gasteiger partial charge in [-0.3, -0.25) is 14.5 Å². The lowest BCUT2D eigenvalue weighted by Crippen LogP contribution is -2.48. The highest BCUT2D eigenvalue weighted by atomic mass is 16.5. The second-order valence-corrected chi connectivity index (χ2v) is 8.46. The molecule has 172 valence electrons. The lowest BCUT2D eigenvalue weighted by atomic mass is 10.0. The van der Waals surface area contributed by atoms with Crippen molar-refractivity contribution in [2.24, 2.45) is 5.73 Å². The maximum absolute atomic E-state index is 12.8. The minimum absolute atomic E-state index is 0.0308. The van der Waals surface area contributed by atoms with Crippen molar-refractivity contribution in [3.63, 3.8) is 0 Å².